The molecule has 0 aromatic rings. The molecule has 0 bridgehead atoms. The quantitative estimate of drug-likeness (QED) is 0.397. The van der Waals surface area contributed by atoms with Gasteiger partial charge in [0.25, 0.3) is 0 Å². The molecule has 0 spiro atoms. The zero-order chi connectivity index (χ0) is 11.8. The smallest absolute Gasteiger partial charge is 0.330 e. The van der Waals surface area contributed by atoms with E-state index in [0.29, 0.717) is 0 Å². The molecule has 0 aromatic heterocycles. The highest BCUT2D eigenvalue weighted by Gasteiger charge is 2.28. The van der Waals surface area contributed by atoms with E-state index in [1.165, 1.54) is 12.5 Å². The summed E-state index contributed by atoms with van der Waals surface area (Å²) in [5, 5.41) is 0. The highest BCUT2D eigenvalue weighted by Crippen LogP contribution is 2.24. The number of hydrogen-bond donors (Lipinski definition) is 0. The minimum atomic E-state index is -0.337. The summed E-state index contributed by atoms with van der Waals surface area (Å²) in [7, 11) is 0. The van der Waals surface area contributed by atoms with Gasteiger partial charge in [0.2, 0.25) is 0 Å². The Morgan fingerprint density at radius 3 is 2.69 bits per heavy atom. The van der Waals surface area contributed by atoms with Crippen LogP contribution in [0.4, 0.5) is 0 Å². The predicted octanol–water partition coefficient (Wildman–Crippen LogP) is 2.84. The van der Waals surface area contributed by atoms with Crippen LogP contribution in [0.3, 0.4) is 0 Å². The van der Waals surface area contributed by atoms with E-state index in [2.05, 4.69) is 13.5 Å². The molecule has 2 unspecified atom stereocenters. The first kappa shape index (κ1) is 13.2. The van der Waals surface area contributed by atoms with Gasteiger partial charge in [0, 0.05) is 12.7 Å². The van der Waals surface area contributed by atoms with Crippen molar-refractivity contribution < 1.29 is 14.3 Å². The van der Waals surface area contributed by atoms with Crippen LogP contribution in [0, 0.1) is 0 Å². The monoisotopic (exact) mass is 226 g/mol. The number of carbonyl (C=O) groups excluding carboxylic acids is 1. The van der Waals surface area contributed by atoms with E-state index < -0.39 is 0 Å². The Morgan fingerprint density at radius 1 is 1.38 bits per heavy atom. The fourth-order valence-corrected chi connectivity index (χ4v) is 1.96. The SMILES string of the molecule is C=CC(=O)OC1CCCCC1OCCCC. The van der Waals surface area contributed by atoms with Crippen LogP contribution in [0.1, 0.15) is 45.4 Å². The highest BCUT2D eigenvalue weighted by atomic mass is 16.6. The molecule has 3 heteroatoms. The van der Waals surface area contributed by atoms with Crippen LogP contribution in [0.2, 0.25) is 0 Å². The lowest BCUT2D eigenvalue weighted by Gasteiger charge is -2.30. The molecule has 0 aromatic carbocycles. The first-order valence-electron chi connectivity index (χ1n) is 6.22. The predicted molar refractivity (Wildman–Crippen MR) is 63.2 cm³/mol. The average Bonchev–Trinajstić information content (AvgIpc) is 2.31. The Morgan fingerprint density at radius 2 is 2.06 bits per heavy atom. The van der Waals surface area contributed by atoms with E-state index in [1.807, 2.05) is 0 Å². The lowest BCUT2D eigenvalue weighted by atomic mass is 9.94. The maximum absolute atomic E-state index is 11.2. The van der Waals surface area contributed by atoms with Gasteiger partial charge >= 0.3 is 5.97 Å². The van der Waals surface area contributed by atoms with Crippen molar-refractivity contribution in [2.24, 2.45) is 0 Å². The van der Waals surface area contributed by atoms with Crippen molar-refractivity contribution >= 4 is 5.97 Å². The van der Waals surface area contributed by atoms with Gasteiger partial charge in [0.05, 0.1) is 6.10 Å². The van der Waals surface area contributed by atoms with E-state index >= 15 is 0 Å². The summed E-state index contributed by atoms with van der Waals surface area (Å²) < 4.78 is 11.1. The molecule has 0 heterocycles. The summed E-state index contributed by atoms with van der Waals surface area (Å²) in [4.78, 5) is 11.2. The molecule has 0 radical (unpaired) electrons. The lowest BCUT2D eigenvalue weighted by molar-refractivity contribution is -0.155. The van der Waals surface area contributed by atoms with Gasteiger partial charge in [-0.15, -0.1) is 0 Å². The lowest BCUT2D eigenvalue weighted by Crippen LogP contribution is -2.36. The van der Waals surface area contributed by atoms with Gasteiger partial charge in [-0.3, -0.25) is 0 Å². The molecule has 1 rings (SSSR count). The van der Waals surface area contributed by atoms with Gasteiger partial charge < -0.3 is 9.47 Å². The number of hydrogen-bond acceptors (Lipinski definition) is 3. The minimum Gasteiger partial charge on any atom is -0.456 e. The van der Waals surface area contributed by atoms with Crippen molar-refractivity contribution in [1.82, 2.24) is 0 Å². The van der Waals surface area contributed by atoms with Crippen LogP contribution in [0.25, 0.3) is 0 Å². The second-order valence-electron chi connectivity index (χ2n) is 4.23. The Labute approximate surface area is 97.8 Å². The molecular formula is C13H22O3. The van der Waals surface area contributed by atoms with Gasteiger partial charge in [-0.1, -0.05) is 26.3 Å². The fourth-order valence-electron chi connectivity index (χ4n) is 1.96. The zero-order valence-electron chi connectivity index (χ0n) is 10.1. The Bertz CT molecular complexity index is 225. The Hall–Kier alpha value is -0.830. The first-order valence-corrected chi connectivity index (χ1v) is 6.22. The maximum atomic E-state index is 11.2. The molecule has 2 atom stereocenters. The van der Waals surface area contributed by atoms with Crippen LogP contribution in [0.15, 0.2) is 12.7 Å². The summed E-state index contributed by atoms with van der Waals surface area (Å²) >= 11 is 0. The van der Waals surface area contributed by atoms with Gasteiger partial charge in [-0.25, -0.2) is 4.79 Å². The molecule has 0 amide bonds. The molecule has 1 saturated carbocycles. The fraction of sp³-hybridized carbons (Fsp3) is 0.769. The van der Waals surface area contributed by atoms with Crippen LogP contribution in [-0.4, -0.2) is 24.8 Å². The third-order valence-corrected chi connectivity index (χ3v) is 2.91. The van der Waals surface area contributed by atoms with E-state index in [9.17, 15) is 4.79 Å². The minimum absolute atomic E-state index is 0.0730. The normalized spacial score (nSPS) is 25.1. The second kappa shape index (κ2) is 7.44. The van der Waals surface area contributed by atoms with Crippen LogP contribution in [-0.2, 0) is 14.3 Å². The molecule has 3 nitrogen and oxygen atoms in total. The molecule has 1 aliphatic carbocycles. The summed E-state index contributed by atoms with van der Waals surface area (Å²) in [5.41, 5.74) is 0. The number of ether oxygens (including phenoxy) is 2. The standard InChI is InChI=1S/C13H22O3/c1-3-5-10-15-11-8-6-7-9-12(11)16-13(14)4-2/h4,11-12H,2-3,5-10H2,1H3. The maximum Gasteiger partial charge on any atom is 0.330 e. The Balaban J connectivity index is 2.37. The van der Waals surface area contributed by atoms with Crippen LogP contribution in [0.5, 0.6) is 0 Å². The van der Waals surface area contributed by atoms with Gasteiger partial charge in [-0.2, -0.15) is 0 Å². The summed E-state index contributed by atoms with van der Waals surface area (Å²) in [6.45, 7) is 6.32. The summed E-state index contributed by atoms with van der Waals surface area (Å²) in [6.07, 6.45) is 7.62. The van der Waals surface area contributed by atoms with E-state index in [1.54, 1.807) is 0 Å². The summed E-state index contributed by atoms with van der Waals surface area (Å²) in [6, 6.07) is 0. The first-order chi connectivity index (χ1) is 7.77. The van der Waals surface area contributed by atoms with E-state index in [-0.39, 0.29) is 18.2 Å². The molecule has 0 aliphatic heterocycles. The molecule has 16 heavy (non-hydrogen) atoms. The van der Waals surface area contributed by atoms with Crippen molar-refractivity contribution in [1.29, 1.82) is 0 Å². The van der Waals surface area contributed by atoms with Crippen molar-refractivity contribution in [2.75, 3.05) is 6.61 Å². The number of unbranched alkanes of at least 4 members (excludes halogenated alkanes) is 1. The zero-order valence-corrected chi connectivity index (χ0v) is 10.1. The van der Waals surface area contributed by atoms with E-state index in [0.717, 1.165) is 38.7 Å². The van der Waals surface area contributed by atoms with Gasteiger partial charge in [0.1, 0.15) is 6.10 Å². The molecular weight excluding hydrogens is 204 g/mol. The number of rotatable bonds is 6. The van der Waals surface area contributed by atoms with Gasteiger partial charge in [0.15, 0.2) is 0 Å². The number of esters is 1. The third kappa shape index (κ3) is 4.35. The summed E-state index contributed by atoms with van der Waals surface area (Å²) in [5.74, 6) is -0.337. The number of carbonyl (C=O) groups is 1. The van der Waals surface area contributed by atoms with Crippen molar-refractivity contribution in [2.45, 2.75) is 57.7 Å². The van der Waals surface area contributed by atoms with Crippen molar-refractivity contribution in [3.05, 3.63) is 12.7 Å². The molecule has 0 saturated heterocycles. The molecule has 1 fully saturated rings. The topological polar surface area (TPSA) is 35.5 Å². The van der Waals surface area contributed by atoms with Crippen LogP contribution < -0.4 is 0 Å². The van der Waals surface area contributed by atoms with Crippen molar-refractivity contribution in [3.63, 3.8) is 0 Å². The molecule has 0 N–H and O–H groups in total. The third-order valence-electron chi connectivity index (χ3n) is 2.91. The molecule has 1 aliphatic rings. The van der Waals surface area contributed by atoms with Crippen LogP contribution >= 0.6 is 0 Å². The van der Waals surface area contributed by atoms with Crippen molar-refractivity contribution in [3.8, 4) is 0 Å². The second-order valence-corrected chi connectivity index (χ2v) is 4.23. The largest absolute Gasteiger partial charge is 0.456 e. The average molecular weight is 226 g/mol. The van der Waals surface area contributed by atoms with Gasteiger partial charge in [-0.05, 0) is 25.7 Å². The van der Waals surface area contributed by atoms with E-state index in [4.69, 9.17) is 9.47 Å². The molecule has 92 valence electrons. The Kier molecular flexibility index (Phi) is 6.16. The highest BCUT2D eigenvalue weighted by molar-refractivity contribution is 5.81.